The molecule has 4 rings (SSSR count). The van der Waals surface area contributed by atoms with Crippen molar-refractivity contribution < 1.29 is 23.9 Å². The number of carbonyl (C=O) groups is 3. The van der Waals surface area contributed by atoms with E-state index >= 15 is 0 Å². The highest BCUT2D eigenvalue weighted by Gasteiger charge is 2.61. The van der Waals surface area contributed by atoms with Crippen LogP contribution >= 0.6 is 0 Å². The Morgan fingerprint density at radius 2 is 1.77 bits per heavy atom. The number of imide groups is 1. The molecular formula is C16H13NO5. The number of methoxy groups -OCH3 is 1. The van der Waals surface area contributed by atoms with E-state index in [1.807, 2.05) is 12.2 Å². The van der Waals surface area contributed by atoms with Crippen molar-refractivity contribution in [2.75, 3.05) is 12.0 Å². The summed E-state index contributed by atoms with van der Waals surface area (Å²) in [6.07, 6.45) is 3.04. The van der Waals surface area contributed by atoms with Crippen molar-refractivity contribution in [3.8, 4) is 0 Å². The van der Waals surface area contributed by atoms with Gasteiger partial charge < -0.3 is 9.47 Å². The molecule has 0 spiro atoms. The van der Waals surface area contributed by atoms with E-state index in [1.165, 1.54) is 13.2 Å². The quantitative estimate of drug-likeness (QED) is 0.461. The lowest BCUT2D eigenvalue weighted by molar-refractivity contribution is -0.124. The Hall–Kier alpha value is -2.47. The van der Waals surface area contributed by atoms with Crippen LogP contribution in [0.1, 0.15) is 10.4 Å². The van der Waals surface area contributed by atoms with Crippen LogP contribution in [-0.4, -0.2) is 37.1 Å². The number of fused-ring (bicyclic) bond motifs is 5. The molecule has 4 atom stereocenters. The van der Waals surface area contributed by atoms with Gasteiger partial charge in [0, 0.05) is 0 Å². The summed E-state index contributed by atoms with van der Waals surface area (Å²) in [5.41, 5.74) is 0.696. The topological polar surface area (TPSA) is 72.9 Å². The normalized spacial score (nSPS) is 31.8. The number of carbonyl (C=O) groups excluding carboxylic acids is 3. The molecule has 1 aromatic rings. The minimum atomic E-state index is -0.508. The molecule has 0 radical (unpaired) electrons. The van der Waals surface area contributed by atoms with E-state index in [-0.39, 0.29) is 24.0 Å². The van der Waals surface area contributed by atoms with Crippen LogP contribution in [0.3, 0.4) is 0 Å². The standard InChI is InChI=1S/C16H13NO5/c1-21-16(20)8-3-2-4-9(7-8)17-14(18)12-10-5-6-11(22-10)13(12)15(17)19/h2-7,10-13H,1H3/t10-,11-,12-,13-/m0/s1. The van der Waals surface area contributed by atoms with Crippen LogP contribution in [0, 0.1) is 11.8 Å². The summed E-state index contributed by atoms with van der Waals surface area (Å²) >= 11 is 0. The van der Waals surface area contributed by atoms with E-state index in [2.05, 4.69) is 4.74 Å². The highest BCUT2D eigenvalue weighted by molar-refractivity contribution is 6.23. The Kier molecular flexibility index (Phi) is 2.71. The van der Waals surface area contributed by atoms with Crippen molar-refractivity contribution in [1.29, 1.82) is 0 Å². The maximum Gasteiger partial charge on any atom is 0.337 e. The van der Waals surface area contributed by atoms with E-state index < -0.39 is 17.8 Å². The van der Waals surface area contributed by atoms with Gasteiger partial charge in [0.1, 0.15) is 0 Å². The lowest BCUT2D eigenvalue weighted by atomic mass is 9.85. The van der Waals surface area contributed by atoms with Crippen LogP contribution < -0.4 is 4.90 Å². The molecule has 3 aliphatic rings. The second-order valence-electron chi connectivity index (χ2n) is 5.56. The molecular weight excluding hydrogens is 286 g/mol. The van der Waals surface area contributed by atoms with E-state index in [4.69, 9.17) is 4.74 Å². The first-order chi connectivity index (χ1) is 10.6. The smallest absolute Gasteiger partial charge is 0.337 e. The Balaban J connectivity index is 1.71. The van der Waals surface area contributed by atoms with Gasteiger partial charge in [-0.05, 0) is 18.2 Å². The lowest BCUT2D eigenvalue weighted by Crippen LogP contribution is -2.34. The van der Waals surface area contributed by atoms with Crippen molar-refractivity contribution in [3.05, 3.63) is 42.0 Å². The second kappa shape index (κ2) is 4.51. The van der Waals surface area contributed by atoms with Crippen LogP contribution in [0.4, 0.5) is 5.69 Å². The zero-order chi connectivity index (χ0) is 15.4. The summed E-state index contributed by atoms with van der Waals surface area (Å²) in [7, 11) is 1.28. The number of benzene rings is 1. The molecule has 2 saturated heterocycles. The fourth-order valence-electron chi connectivity index (χ4n) is 3.45. The van der Waals surface area contributed by atoms with Crippen molar-refractivity contribution in [2.24, 2.45) is 11.8 Å². The Bertz CT molecular complexity index is 695. The number of anilines is 1. The van der Waals surface area contributed by atoms with Gasteiger partial charge in [-0.15, -0.1) is 0 Å². The first-order valence-corrected chi connectivity index (χ1v) is 7.02. The average molecular weight is 299 g/mol. The van der Waals surface area contributed by atoms with Crippen molar-refractivity contribution >= 4 is 23.5 Å². The molecule has 112 valence electrons. The van der Waals surface area contributed by atoms with Crippen LogP contribution in [0.2, 0.25) is 0 Å². The monoisotopic (exact) mass is 299 g/mol. The number of rotatable bonds is 2. The molecule has 0 aliphatic carbocycles. The highest BCUT2D eigenvalue weighted by atomic mass is 16.5. The predicted octanol–water partition coefficient (Wildman–Crippen LogP) is 0.916. The number of amides is 2. The highest BCUT2D eigenvalue weighted by Crippen LogP contribution is 2.46. The molecule has 3 heterocycles. The maximum atomic E-state index is 12.6. The largest absolute Gasteiger partial charge is 0.465 e. The van der Waals surface area contributed by atoms with Gasteiger partial charge in [-0.1, -0.05) is 18.2 Å². The van der Waals surface area contributed by atoms with Gasteiger partial charge in [-0.2, -0.15) is 0 Å². The Labute approximate surface area is 126 Å². The third-order valence-corrected chi connectivity index (χ3v) is 4.44. The summed E-state index contributed by atoms with van der Waals surface area (Å²) in [5, 5.41) is 0. The first-order valence-electron chi connectivity index (χ1n) is 7.02. The lowest BCUT2D eigenvalue weighted by Gasteiger charge is -2.18. The van der Waals surface area contributed by atoms with Crippen LogP contribution in [0.25, 0.3) is 0 Å². The van der Waals surface area contributed by atoms with E-state index in [0.29, 0.717) is 11.3 Å². The third kappa shape index (κ3) is 1.61. The molecule has 2 amide bonds. The number of hydrogen-bond acceptors (Lipinski definition) is 5. The van der Waals surface area contributed by atoms with Crippen LogP contribution in [-0.2, 0) is 19.1 Å². The second-order valence-corrected chi connectivity index (χ2v) is 5.56. The predicted molar refractivity (Wildman–Crippen MR) is 75.1 cm³/mol. The van der Waals surface area contributed by atoms with Crippen molar-refractivity contribution in [3.63, 3.8) is 0 Å². The summed E-state index contributed by atoms with van der Waals surface area (Å²) in [4.78, 5) is 38.0. The molecule has 0 unspecified atom stereocenters. The summed E-state index contributed by atoms with van der Waals surface area (Å²) in [5.74, 6) is -1.96. The summed E-state index contributed by atoms with van der Waals surface area (Å²) in [6, 6.07) is 6.34. The molecule has 2 bridgehead atoms. The number of esters is 1. The van der Waals surface area contributed by atoms with Gasteiger partial charge in [0.15, 0.2) is 0 Å². The van der Waals surface area contributed by atoms with E-state index in [9.17, 15) is 14.4 Å². The molecule has 3 aliphatic heterocycles. The average Bonchev–Trinajstić information content (AvgIpc) is 3.21. The number of ether oxygens (including phenoxy) is 2. The van der Waals surface area contributed by atoms with Gasteiger partial charge in [-0.25, -0.2) is 9.69 Å². The fourth-order valence-corrected chi connectivity index (χ4v) is 3.45. The van der Waals surface area contributed by atoms with Crippen LogP contribution in [0.5, 0.6) is 0 Å². The van der Waals surface area contributed by atoms with Crippen molar-refractivity contribution in [2.45, 2.75) is 12.2 Å². The van der Waals surface area contributed by atoms with Gasteiger partial charge in [0.05, 0.1) is 42.4 Å². The Morgan fingerprint density at radius 1 is 1.14 bits per heavy atom. The molecule has 6 heteroatoms. The first kappa shape index (κ1) is 13.2. The van der Waals surface area contributed by atoms with Gasteiger partial charge in [-0.3, -0.25) is 9.59 Å². The maximum absolute atomic E-state index is 12.6. The zero-order valence-electron chi connectivity index (χ0n) is 11.8. The molecule has 0 aromatic heterocycles. The van der Waals surface area contributed by atoms with Crippen LogP contribution in [0.15, 0.2) is 36.4 Å². The number of hydrogen-bond donors (Lipinski definition) is 0. The van der Waals surface area contributed by atoms with Gasteiger partial charge in [0.25, 0.3) is 0 Å². The summed E-state index contributed by atoms with van der Waals surface area (Å²) < 4.78 is 10.3. The third-order valence-electron chi connectivity index (χ3n) is 4.44. The molecule has 22 heavy (non-hydrogen) atoms. The number of nitrogens with zero attached hydrogens (tertiary/aromatic N) is 1. The van der Waals surface area contributed by atoms with Crippen molar-refractivity contribution in [1.82, 2.24) is 0 Å². The minimum absolute atomic E-state index is 0.270. The molecule has 2 fully saturated rings. The molecule has 1 aromatic carbocycles. The Morgan fingerprint density at radius 3 is 2.36 bits per heavy atom. The van der Waals surface area contributed by atoms with E-state index in [1.54, 1.807) is 18.2 Å². The zero-order valence-corrected chi connectivity index (χ0v) is 11.8. The van der Waals surface area contributed by atoms with Gasteiger partial charge in [0.2, 0.25) is 11.8 Å². The SMILES string of the molecule is COC(=O)c1cccc(N2C(=O)[C@@H]3[C@@H](C2=O)[C@@H]2C=C[C@@H]3O2)c1. The van der Waals surface area contributed by atoms with E-state index in [0.717, 1.165) is 4.90 Å². The molecule has 0 N–H and O–H groups in total. The molecule has 0 saturated carbocycles. The minimum Gasteiger partial charge on any atom is -0.465 e. The fraction of sp³-hybridized carbons (Fsp3) is 0.312. The van der Waals surface area contributed by atoms with Gasteiger partial charge >= 0.3 is 5.97 Å². The molecule has 6 nitrogen and oxygen atoms in total. The summed E-state index contributed by atoms with van der Waals surface area (Å²) in [6.45, 7) is 0.